The predicted octanol–water partition coefficient (Wildman–Crippen LogP) is 2.83. The summed E-state index contributed by atoms with van der Waals surface area (Å²) in [6.07, 6.45) is 10.6. The van der Waals surface area contributed by atoms with Gasteiger partial charge in [-0.1, -0.05) is 29.8 Å². The van der Waals surface area contributed by atoms with Crippen LogP contribution in [0.5, 0.6) is 0 Å². The third-order valence-electron chi connectivity index (χ3n) is 5.29. The van der Waals surface area contributed by atoms with Crippen molar-refractivity contribution < 1.29 is 0 Å². The second kappa shape index (κ2) is 6.80. The Morgan fingerprint density at radius 1 is 1.21 bits per heavy atom. The van der Waals surface area contributed by atoms with Gasteiger partial charge in [-0.05, 0) is 49.1 Å². The molecule has 1 unspecified atom stereocenters. The van der Waals surface area contributed by atoms with Gasteiger partial charge in [-0.15, -0.1) is 0 Å². The van der Waals surface area contributed by atoms with Gasteiger partial charge in [-0.3, -0.25) is 0 Å². The van der Waals surface area contributed by atoms with Gasteiger partial charge in [0.25, 0.3) is 0 Å². The minimum Gasteiger partial charge on any atom is -0.359 e. The van der Waals surface area contributed by atoms with Crippen molar-refractivity contribution in [1.29, 1.82) is 0 Å². The van der Waals surface area contributed by atoms with Crippen LogP contribution < -0.4 is 16.4 Å². The van der Waals surface area contributed by atoms with Crippen LogP contribution in [-0.2, 0) is 0 Å². The van der Waals surface area contributed by atoms with E-state index in [1.54, 1.807) is 0 Å². The molecule has 2 aromatic rings. The van der Waals surface area contributed by atoms with Gasteiger partial charge in [0, 0.05) is 25.0 Å². The number of aromatic nitrogens is 2. The summed E-state index contributed by atoms with van der Waals surface area (Å²) >= 11 is 0. The second-order valence-corrected chi connectivity index (χ2v) is 7.53. The summed E-state index contributed by atoms with van der Waals surface area (Å²) in [5.41, 5.74) is 12.4. The van der Waals surface area contributed by atoms with Crippen LogP contribution >= 0.6 is 0 Å². The molecule has 0 spiro atoms. The first-order chi connectivity index (χ1) is 13.7. The molecular formula is C22H24N6. The Balaban J connectivity index is 1.59. The third kappa shape index (κ3) is 3.16. The fourth-order valence-electron chi connectivity index (χ4n) is 3.58. The van der Waals surface area contributed by atoms with Crippen molar-refractivity contribution in [2.45, 2.75) is 32.0 Å². The minimum absolute atomic E-state index is 0.0321. The van der Waals surface area contributed by atoms with E-state index in [-0.39, 0.29) is 6.17 Å². The molecule has 3 heterocycles. The Labute approximate surface area is 164 Å². The van der Waals surface area contributed by atoms with Crippen molar-refractivity contribution in [3.8, 4) is 0 Å². The molecule has 1 aromatic heterocycles. The molecule has 0 amide bonds. The molecule has 6 heteroatoms. The largest absolute Gasteiger partial charge is 0.359 e. The lowest BCUT2D eigenvalue weighted by atomic mass is 10.1. The highest BCUT2D eigenvalue weighted by molar-refractivity contribution is 5.91. The average Bonchev–Trinajstić information content (AvgIpc) is 3.45. The SMILES string of the molecule is Cc1ccc(C2=C(c3ccnc(NC4CC4)n3)N3C=CC(CN)=CC3N2)cc1. The summed E-state index contributed by atoms with van der Waals surface area (Å²) in [7, 11) is 0. The lowest BCUT2D eigenvalue weighted by Crippen LogP contribution is -2.34. The van der Waals surface area contributed by atoms with Crippen LogP contribution in [0.25, 0.3) is 11.4 Å². The summed E-state index contributed by atoms with van der Waals surface area (Å²) in [4.78, 5) is 11.4. The Kier molecular flexibility index (Phi) is 4.13. The van der Waals surface area contributed by atoms with E-state index >= 15 is 0 Å². The van der Waals surface area contributed by atoms with Gasteiger partial charge < -0.3 is 21.3 Å². The van der Waals surface area contributed by atoms with Crippen LogP contribution in [-0.4, -0.2) is 33.6 Å². The van der Waals surface area contributed by atoms with E-state index in [0.717, 1.165) is 28.2 Å². The monoisotopic (exact) mass is 372 g/mol. The molecule has 1 aliphatic carbocycles. The predicted molar refractivity (Wildman–Crippen MR) is 112 cm³/mol. The number of anilines is 1. The molecule has 0 bridgehead atoms. The van der Waals surface area contributed by atoms with Crippen molar-refractivity contribution in [2.75, 3.05) is 11.9 Å². The van der Waals surface area contributed by atoms with Crippen molar-refractivity contribution in [3.63, 3.8) is 0 Å². The number of nitrogens with one attached hydrogen (secondary N) is 2. The van der Waals surface area contributed by atoms with Crippen molar-refractivity contribution in [1.82, 2.24) is 20.2 Å². The highest BCUT2D eigenvalue weighted by Crippen LogP contribution is 2.37. The Hall–Kier alpha value is -3.12. The number of benzene rings is 1. The van der Waals surface area contributed by atoms with Crippen LogP contribution in [0.1, 0.15) is 29.7 Å². The molecule has 2 aliphatic heterocycles. The molecule has 4 N–H and O–H groups in total. The van der Waals surface area contributed by atoms with Gasteiger partial charge in [0.15, 0.2) is 0 Å². The molecule has 5 rings (SSSR count). The van der Waals surface area contributed by atoms with Crippen molar-refractivity contribution >= 4 is 17.3 Å². The highest BCUT2D eigenvalue weighted by Gasteiger charge is 2.33. The van der Waals surface area contributed by atoms with Crippen molar-refractivity contribution in [3.05, 3.63) is 77.3 Å². The van der Waals surface area contributed by atoms with Crippen LogP contribution in [0.15, 0.2) is 60.5 Å². The van der Waals surface area contributed by atoms with E-state index in [1.165, 1.54) is 18.4 Å². The van der Waals surface area contributed by atoms with E-state index in [4.69, 9.17) is 10.7 Å². The zero-order chi connectivity index (χ0) is 19.1. The normalized spacial score (nSPS) is 20.7. The number of fused-ring (bicyclic) bond motifs is 1. The topological polar surface area (TPSA) is 79.1 Å². The number of hydrogen-bond donors (Lipinski definition) is 3. The summed E-state index contributed by atoms with van der Waals surface area (Å²) < 4.78 is 0. The number of hydrogen-bond acceptors (Lipinski definition) is 6. The summed E-state index contributed by atoms with van der Waals surface area (Å²) in [5, 5.41) is 7.06. The quantitative estimate of drug-likeness (QED) is 0.749. The van der Waals surface area contributed by atoms with E-state index in [0.29, 0.717) is 18.5 Å². The first kappa shape index (κ1) is 17.0. The molecule has 1 fully saturated rings. The summed E-state index contributed by atoms with van der Waals surface area (Å²) in [6.45, 7) is 2.63. The van der Waals surface area contributed by atoms with Crippen molar-refractivity contribution in [2.24, 2.45) is 5.73 Å². The maximum absolute atomic E-state index is 5.86. The zero-order valence-electron chi connectivity index (χ0n) is 15.9. The number of rotatable bonds is 5. The van der Waals surface area contributed by atoms with Gasteiger partial charge in [0.2, 0.25) is 5.95 Å². The Morgan fingerprint density at radius 2 is 2.04 bits per heavy atom. The zero-order valence-corrected chi connectivity index (χ0v) is 15.9. The first-order valence-corrected chi connectivity index (χ1v) is 9.76. The van der Waals surface area contributed by atoms with Gasteiger partial charge in [0.05, 0.1) is 17.1 Å². The van der Waals surface area contributed by atoms with Crippen LogP contribution in [0.3, 0.4) is 0 Å². The minimum atomic E-state index is 0.0321. The lowest BCUT2D eigenvalue weighted by molar-refractivity contribution is 0.439. The van der Waals surface area contributed by atoms with E-state index in [9.17, 15) is 0 Å². The summed E-state index contributed by atoms with van der Waals surface area (Å²) in [5.74, 6) is 0.693. The maximum atomic E-state index is 5.86. The molecule has 1 aromatic carbocycles. The van der Waals surface area contributed by atoms with Gasteiger partial charge in [0.1, 0.15) is 6.17 Å². The lowest BCUT2D eigenvalue weighted by Gasteiger charge is -2.26. The first-order valence-electron chi connectivity index (χ1n) is 9.76. The third-order valence-corrected chi connectivity index (χ3v) is 5.29. The second-order valence-electron chi connectivity index (χ2n) is 7.53. The molecule has 0 saturated heterocycles. The summed E-state index contributed by atoms with van der Waals surface area (Å²) in [6, 6.07) is 11.1. The van der Waals surface area contributed by atoms with Gasteiger partial charge in [-0.25, -0.2) is 9.97 Å². The molecule has 142 valence electrons. The fraction of sp³-hybridized carbons (Fsp3) is 0.273. The number of aryl methyl sites for hydroxylation is 1. The number of nitrogens with zero attached hydrogens (tertiary/aromatic N) is 3. The Bertz CT molecular complexity index is 984. The van der Waals surface area contributed by atoms with Crippen LogP contribution in [0.4, 0.5) is 5.95 Å². The molecule has 6 nitrogen and oxygen atoms in total. The van der Waals surface area contributed by atoms with Crippen LogP contribution in [0.2, 0.25) is 0 Å². The van der Waals surface area contributed by atoms with E-state index in [1.807, 2.05) is 12.3 Å². The molecule has 3 aliphatic rings. The maximum Gasteiger partial charge on any atom is 0.223 e. The van der Waals surface area contributed by atoms with Gasteiger partial charge in [-0.2, -0.15) is 0 Å². The fourth-order valence-corrected chi connectivity index (χ4v) is 3.58. The van der Waals surface area contributed by atoms with E-state index < -0.39 is 0 Å². The smallest absolute Gasteiger partial charge is 0.223 e. The average molecular weight is 372 g/mol. The van der Waals surface area contributed by atoms with Gasteiger partial charge >= 0.3 is 0 Å². The highest BCUT2D eigenvalue weighted by atomic mass is 15.3. The Morgan fingerprint density at radius 3 is 2.79 bits per heavy atom. The molecule has 0 radical (unpaired) electrons. The molecule has 1 saturated carbocycles. The number of nitrogens with two attached hydrogens (primary N) is 1. The van der Waals surface area contributed by atoms with E-state index in [2.05, 4.69) is 70.1 Å². The van der Waals surface area contributed by atoms with Crippen LogP contribution in [0, 0.1) is 6.92 Å². The molecule has 28 heavy (non-hydrogen) atoms. The standard InChI is InChI=1S/C22H24N6/c1-14-2-4-16(5-3-14)20-21(28-11-9-15(13-23)12-19(28)27-20)18-8-10-24-22(26-18)25-17-6-7-17/h2-5,8-12,17,19,27H,6-7,13,23H2,1H3,(H,24,25,26). The molecule has 1 atom stereocenters. The molecular weight excluding hydrogens is 348 g/mol.